The summed E-state index contributed by atoms with van der Waals surface area (Å²) in [5.41, 5.74) is 1.42. The summed E-state index contributed by atoms with van der Waals surface area (Å²) >= 11 is 5.82. The lowest BCUT2D eigenvalue weighted by molar-refractivity contribution is -0.144. The average Bonchev–Trinajstić information content (AvgIpc) is 2.57. The number of halogens is 1. The molecule has 0 aliphatic carbocycles. The molecule has 0 spiro atoms. The third-order valence-corrected chi connectivity index (χ3v) is 3.80. The zero-order valence-electron chi connectivity index (χ0n) is 13.1. The number of ether oxygens (including phenoxy) is 1. The average molecular weight is 348 g/mol. The molecular weight excluding hydrogens is 330 g/mol. The largest absolute Gasteiger partial charge is 0.480 e. The minimum absolute atomic E-state index is 0.156. The summed E-state index contributed by atoms with van der Waals surface area (Å²) < 4.78 is 5.22. The van der Waals surface area contributed by atoms with Gasteiger partial charge in [0.05, 0.1) is 0 Å². The van der Waals surface area contributed by atoms with Crippen LogP contribution in [0.1, 0.15) is 17.2 Å². The summed E-state index contributed by atoms with van der Waals surface area (Å²) in [5, 5.41) is 12.5. The first kappa shape index (κ1) is 18.0. The maximum Gasteiger partial charge on any atom is 0.326 e. The first-order chi connectivity index (χ1) is 11.5. The van der Waals surface area contributed by atoms with Gasteiger partial charge >= 0.3 is 5.97 Å². The van der Waals surface area contributed by atoms with Gasteiger partial charge in [0.2, 0.25) is 0 Å². The van der Waals surface area contributed by atoms with Crippen molar-refractivity contribution in [2.75, 3.05) is 7.11 Å². The first-order valence-electron chi connectivity index (χ1n) is 7.36. The Balaban J connectivity index is 2.10. The molecule has 5 nitrogen and oxygen atoms in total. The standard InChI is InChI=1S/C18H18ClNO4/c1-24-16(13-5-3-2-4-6-13)17(21)20-15(18(22)23)11-12-7-9-14(19)10-8-12/h2-10,15-16H,11H2,1H3,(H,20,21)(H,22,23)/t15-,16+/m1/s1. The van der Waals surface area contributed by atoms with Gasteiger partial charge in [0.25, 0.3) is 5.91 Å². The molecule has 0 saturated heterocycles. The Morgan fingerprint density at radius 2 is 1.75 bits per heavy atom. The first-order valence-corrected chi connectivity index (χ1v) is 7.74. The fourth-order valence-corrected chi connectivity index (χ4v) is 2.45. The number of carboxylic acids is 1. The van der Waals surface area contributed by atoms with E-state index in [1.807, 2.05) is 6.07 Å². The molecule has 0 fully saturated rings. The molecule has 2 aromatic rings. The zero-order chi connectivity index (χ0) is 17.5. The van der Waals surface area contributed by atoms with Gasteiger partial charge in [-0.3, -0.25) is 4.79 Å². The van der Waals surface area contributed by atoms with Crippen LogP contribution in [0.3, 0.4) is 0 Å². The molecule has 2 rings (SSSR count). The van der Waals surface area contributed by atoms with Crippen LogP contribution in [0.15, 0.2) is 54.6 Å². The Morgan fingerprint density at radius 1 is 1.12 bits per heavy atom. The normalized spacial score (nSPS) is 13.1. The van der Waals surface area contributed by atoms with Gasteiger partial charge in [-0.25, -0.2) is 4.79 Å². The Labute approximate surface area is 145 Å². The number of carbonyl (C=O) groups excluding carboxylic acids is 1. The molecular formula is C18H18ClNO4. The number of amides is 1. The fourth-order valence-electron chi connectivity index (χ4n) is 2.33. The van der Waals surface area contributed by atoms with E-state index < -0.39 is 24.0 Å². The summed E-state index contributed by atoms with van der Waals surface area (Å²) in [7, 11) is 1.41. The topological polar surface area (TPSA) is 75.6 Å². The second-order valence-electron chi connectivity index (χ2n) is 5.26. The number of methoxy groups -OCH3 is 1. The number of hydrogen-bond acceptors (Lipinski definition) is 3. The van der Waals surface area contributed by atoms with E-state index >= 15 is 0 Å². The molecule has 24 heavy (non-hydrogen) atoms. The second-order valence-corrected chi connectivity index (χ2v) is 5.69. The molecule has 2 aromatic carbocycles. The van der Waals surface area contributed by atoms with Crippen molar-refractivity contribution in [1.29, 1.82) is 0 Å². The van der Waals surface area contributed by atoms with Crippen molar-refractivity contribution in [3.63, 3.8) is 0 Å². The van der Waals surface area contributed by atoms with E-state index in [2.05, 4.69) is 5.32 Å². The van der Waals surface area contributed by atoms with E-state index in [-0.39, 0.29) is 6.42 Å². The third kappa shape index (κ3) is 4.81. The Hall–Kier alpha value is -2.37. The third-order valence-electron chi connectivity index (χ3n) is 3.54. The van der Waals surface area contributed by atoms with E-state index in [1.54, 1.807) is 48.5 Å². The van der Waals surface area contributed by atoms with Gasteiger partial charge in [0.15, 0.2) is 6.10 Å². The Kier molecular flexibility index (Phi) is 6.35. The van der Waals surface area contributed by atoms with Gasteiger partial charge in [-0.1, -0.05) is 54.1 Å². The molecule has 0 aliphatic rings. The number of nitrogens with one attached hydrogen (secondary N) is 1. The smallest absolute Gasteiger partial charge is 0.326 e. The van der Waals surface area contributed by atoms with E-state index in [1.165, 1.54) is 7.11 Å². The van der Waals surface area contributed by atoms with Crippen molar-refractivity contribution in [2.45, 2.75) is 18.6 Å². The predicted molar refractivity (Wildman–Crippen MR) is 90.9 cm³/mol. The molecule has 0 saturated carbocycles. The zero-order valence-corrected chi connectivity index (χ0v) is 13.9. The van der Waals surface area contributed by atoms with Gasteiger partial charge in [-0.2, -0.15) is 0 Å². The molecule has 6 heteroatoms. The number of hydrogen-bond donors (Lipinski definition) is 2. The number of carboxylic acid groups (broad SMARTS) is 1. The van der Waals surface area contributed by atoms with Crippen LogP contribution in [-0.4, -0.2) is 30.1 Å². The molecule has 0 radical (unpaired) electrons. The SMILES string of the molecule is CO[C@H](C(=O)N[C@H](Cc1ccc(Cl)cc1)C(=O)O)c1ccccc1. The van der Waals surface area contributed by atoms with E-state index in [9.17, 15) is 14.7 Å². The monoisotopic (exact) mass is 347 g/mol. The van der Waals surface area contributed by atoms with E-state index in [4.69, 9.17) is 16.3 Å². The van der Waals surface area contributed by atoms with Gasteiger partial charge in [0, 0.05) is 18.6 Å². The lowest BCUT2D eigenvalue weighted by Crippen LogP contribution is -2.44. The minimum atomic E-state index is -1.11. The van der Waals surface area contributed by atoms with Gasteiger partial charge < -0.3 is 15.2 Å². The highest BCUT2D eigenvalue weighted by Gasteiger charge is 2.26. The summed E-state index contributed by atoms with van der Waals surface area (Å²) in [6.07, 6.45) is -0.706. The minimum Gasteiger partial charge on any atom is -0.480 e. The number of benzene rings is 2. The summed E-state index contributed by atoms with van der Waals surface area (Å²) in [4.78, 5) is 23.9. The van der Waals surface area contributed by atoms with E-state index in [0.29, 0.717) is 10.6 Å². The molecule has 1 amide bonds. The number of rotatable bonds is 7. The highest BCUT2D eigenvalue weighted by molar-refractivity contribution is 6.30. The summed E-state index contributed by atoms with van der Waals surface area (Å²) in [6.45, 7) is 0. The number of carbonyl (C=O) groups is 2. The molecule has 2 N–H and O–H groups in total. The van der Waals surface area contributed by atoms with Gasteiger partial charge in [-0.15, -0.1) is 0 Å². The summed E-state index contributed by atoms with van der Waals surface area (Å²) in [5.74, 6) is -1.61. The Morgan fingerprint density at radius 3 is 2.29 bits per heavy atom. The molecule has 0 heterocycles. The van der Waals surface area contributed by atoms with Crippen molar-refractivity contribution < 1.29 is 19.4 Å². The highest BCUT2D eigenvalue weighted by Crippen LogP contribution is 2.17. The van der Waals surface area contributed by atoms with Crippen molar-refractivity contribution in [3.05, 3.63) is 70.7 Å². The highest BCUT2D eigenvalue weighted by atomic mass is 35.5. The van der Waals surface area contributed by atoms with Crippen LogP contribution in [0.2, 0.25) is 5.02 Å². The molecule has 0 aliphatic heterocycles. The molecule has 0 aromatic heterocycles. The Bertz CT molecular complexity index is 688. The van der Waals surface area contributed by atoms with Crippen LogP contribution < -0.4 is 5.32 Å². The fraction of sp³-hybridized carbons (Fsp3) is 0.222. The van der Waals surface area contributed by atoms with Crippen LogP contribution in [0, 0.1) is 0 Å². The van der Waals surface area contributed by atoms with Crippen molar-refractivity contribution in [3.8, 4) is 0 Å². The lowest BCUT2D eigenvalue weighted by atomic mass is 10.0. The van der Waals surface area contributed by atoms with E-state index in [0.717, 1.165) is 5.56 Å². The maximum absolute atomic E-state index is 12.4. The van der Waals surface area contributed by atoms with Crippen LogP contribution in [-0.2, 0) is 20.7 Å². The van der Waals surface area contributed by atoms with Crippen LogP contribution in [0.5, 0.6) is 0 Å². The molecule has 0 bridgehead atoms. The van der Waals surface area contributed by atoms with Crippen molar-refractivity contribution in [1.82, 2.24) is 5.32 Å². The second kappa shape index (κ2) is 8.47. The summed E-state index contributed by atoms with van der Waals surface area (Å²) in [6, 6.07) is 14.7. The maximum atomic E-state index is 12.4. The van der Waals surface area contributed by atoms with Gasteiger partial charge in [-0.05, 0) is 23.3 Å². The quantitative estimate of drug-likeness (QED) is 0.807. The van der Waals surface area contributed by atoms with Crippen LogP contribution in [0.4, 0.5) is 0 Å². The van der Waals surface area contributed by atoms with Crippen molar-refractivity contribution in [2.24, 2.45) is 0 Å². The van der Waals surface area contributed by atoms with Crippen molar-refractivity contribution >= 4 is 23.5 Å². The predicted octanol–water partition coefficient (Wildman–Crippen LogP) is 2.84. The lowest BCUT2D eigenvalue weighted by Gasteiger charge is -2.20. The van der Waals surface area contributed by atoms with Crippen LogP contribution in [0.25, 0.3) is 0 Å². The molecule has 126 valence electrons. The van der Waals surface area contributed by atoms with Crippen LogP contribution >= 0.6 is 11.6 Å². The molecule has 0 unspecified atom stereocenters. The number of aliphatic carboxylic acids is 1. The molecule has 2 atom stereocenters. The van der Waals surface area contributed by atoms with Gasteiger partial charge in [0.1, 0.15) is 6.04 Å².